The second-order valence-corrected chi connectivity index (χ2v) is 4.93. The summed E-state index contributed by atoms with van der Waals surface area (Å²) in [6, 6.07) is 2.66. The molecule has 2 N–H and O–H groups in total. The van der Waals surface area contributed by atoms with Gasteiger partial charge in [-0.1, -0.05) is 20.3 Å². The van der Waals surface area contributed by atoms with E-state index in [1.807, 2.05) is 11.8 Å². The van der Waals surface area contributed by atoms with Crippen molar-refractivity contribution in [2.75, 3.05) is 30.8 Å². The minimum atomic E-state index is -0.552. The van der Waals surface area contributed by atoms with E-state index in [0.29, 0.717) is 18.2 Å². The van der Waals surface area contributed by atoms with Crippen LogP contribution in [0, 0.1) is 11.7 Å². The van der Waals surface area contributed by atoms with Crippen molar-refractivity contribution in [2.24, 2.45) is 5.92 Å². The van der Waals surface area contributed by atoms with Gasteiger partial charge in [-0.2, -0.15) is 0 Å². The first-order valence-electron chi connectivity index (χ1n) is 6.86. The number of carbonyl (C=O) groups is 1. The highest BCUT2D eigenvalue weighted by Gasteiger charge is 2.18. The molecule has 0 amide bonds. The lowest BCUT2D eigenvalue weighted by atomic mass is 10.1. The minimum Gasteiger partial charge on any atom is -0.465 e. The number of hydrogen-bond donors (Lipinski definition) is 1. The predicted molar refractivity (Wildman–Crippen MR) is 79.5 cm³/mol. The van der Waals surface area contributed by atoms with Gasteiger partial charge in [-0.3, -0.25) is 0 Å². The van der Waals surface area contributed by atoms with Crippen LogP contribution in [0.4, 0.5) is 15.8 Å². The van der Waals surface area contributed by atoms with Gasteiger partial charge in [0.2, 0.25) is 0 Å². The molecule has 1 aromatic rings. The van der Waals surface area contributed by atoms with Gasteiger partial charge in [0.05, 0.1) is 18.4 Å². The molecule has 0 aliphatic rings. The first kappa shape index (κ1) is 16.3. The van der Waals surface area contributed by atoms with Gasteiger partial charge in [0.1, 0.15) is 5.82 Å². The van der Waals surface area contributed by atoms with E-state index in [-0.39, 0.29) is 11.3 Å². The molecule has 0 spiro atoms. The molecule has 0 aliphatic carbocycles. The van der Waals surface area contributed by atoms with Crippen molar-refractivity contribution >= 4 is 17.3 Å². The lowest BCUT2D eigenvalue weighted by Gasteiger charge is -2.27. The fraction of sp³-hybridized carbons (Fsp3) is 0.533. The summed E-state index contributed by atoms with van der Waals surface area (Å²) < 4.78 is 18.8. The maximum atomic E-state index is 14.1. The standard InChI is InChI=1S/C15H23FN2O2/c1-5-10(3)9-18(6-2)14-7-11(15(19)20-4)13(17)8-12(14)16/h7-8,10H,5-6,9,17H2,1-4H3. The number of carbonyl (C=O) groups excluding carboxylic acids is 1. The molecular formula is C15H23FN2O2. The van der Waals surface area contributed by atoms with Crippen LogP contribution in [-0.2, 0) is 4.74 Å². The van der Waals surface area contributed by atoms with E-state index in [1.54, 1.807) is 0 Å². The van der Waals surface area contributed by atoms with E-state index in [2.05, 4.69) is 18.6 Å². The summed E-state index contributed by atoms with van der Waals surface area (Å²) in [5, 5.41) is 0. The van der Waals surface area contributed by atoms with Crippen LogP contribution in [0.5, 0.6) is 0 Å². The highest BCUT2D eigenvalue weighted by atomic mass is 19.1. The van der Waals surface area contributed by atoms with Crippen LogP contribution < -0.4 is 10.6 Å². The summed E-state index contributed by atoms with van der Waals surface area (Å²) in [6.45, 7) is 7.55. The molecule has 0 saturated heterocycles. The molecule has 20 heavy (non-hydrogen) atoms. The number of benzene rings is 1. The first-order valence-corrected chi connectivity index (χ1v) is 6.86. The number of esters is 1. The Balaban J connectivity index is 3.18. The Morgan fingerprint density at radius 2 is 2.10 bits per heavy atom. The van der Waals surface area contributed by atoms with Crippen LogP contribution in [0.3, 0.4) is 0 Å². The van der Waals surface area contributed by atoms with E-state index in [0.717, 1.165) is 13.0 Å². The van der Waals surface area contributed by atoms with Crippen molar-refractivity contribution in [3.8, 4) is 0 Å². The van der Waals surface area contributed by atoms with Crippen LogP contribution >= 0.6 is 0 Å². The van der Waals surface area contributed by atoms with E-state index in [4.69, 9.17) is 5.73 Å². The summed E-state index contributed by atoms with van der Waals surface area (Å²) >= 11 is 0. The molecule has 1 rings (SSSR count). The van der Waals surface area contributed by atoms with Crippen LogP contribution in [0.25, 0.3) is 0 Å². The fourth-order valence-electron chi connectivity index (χ4n) is 2.01. The lowest BCUT2D eigenvalue weighted by molar-refractivity contribution is 0.0602. The molecule has 1 aromatic carbocycles. The van der Waals surface area contributed by atoms with Gasteiger partial charge in [0.15, 0.2) is 0 Å². The van der Waals surface area contributed by atoms with Crippen LogP contribution in [0.1, 0.15) is 37.6 Å². The van der Waals surface area contributed by atoms with Gasteiger partial charge in [0.25, 0.3) is 0 Å². The number of methoxy groups -OCH3 is 1. The van der Waals surface area contributed by atoms with Gasteiger partial charge >= 0.3 is 5.97 Å². The second kappa shape index (κ2) is 7.12. The molecule has 112 valence electrons. The Hall–Kier alpha value is -1.78. The Morgan fingerprint density at radius 1 is 1.45 bits per heavy atom. The van der Waals surface area contributed by atoms with Gasteiger partial charge in [-0.15, -0.1) is 0 Å². The molecule has 1 atom stereocenters. The summed E-state index contributed by atoms with van der Waals surface area (Å²) in [5.74, 6) is -0.530. The van der Waals surface area contributed by atoms with Gasteiger partial charge in [-0.05, 0) is 25.0 Å². The largest absolute Gasteiger partial charge is 0.465 e. The summed E-state index contributed by atoms with van der Waals surface area (Å²) in [6.07, 6.45) is 1.01. The smallest absolute Gasteiger partial charge is 0.340 e. The monoisotopic (exact) mass is 282 g/mol. The number of halogens is 1. The topological polar surface area (TPSA) is 55.6 Å². The molecule has 0 saturated carbocycles. The van der Waals surface area contributed by atoms with E-state index in [9.17, 15) is 9.18 Å². The van der Waals surface area contributed by atoms with Gasteiger partial charge < -0.3 is 15.4 Å². The molecule has 0 aromatic heterocycles. The quantitative estimate of drug-likeness (QED) is 0.643. The molecule has 4 nitrogen and oxygen atoms in total. The van der Waals surface area contributed by atoms with Crippen molar-refractivity contribution in [1.82, 2.24) is 0 Å². The molecule has 1 unspecified atom stereocenters. The minimum absolute atomic E-state index is 0.0951. The summed E-state index contributed by atoms with van der Waals surface area (Å²) in [7, 11) is 1.28. The number of nitrogens with zero attached hydrogens (tertiary/aromatic N) is 1. The maximum Gasteiger partial charge on any atom is 0.340 e. The van der Waals surface area contributed by atoms with Gasteiger partial charge in [0, 0.05) is 18.8 Å². The number of rotatable bonds is 6. The SMILES string of the molecule is CCC(C)CN(CC)c1cc(C(=O)OC)c(N)cc1F. The highest BCUT2D eigenvalue weighted by Crippen LogP contribution is 2.27. The zero-order valence-corrected chi connectivity index (χ0v) is 12.6. The van der Waals surface area contributed by atoms with Gasteiger partial charge in [-0.25, -0.2) is 9.18 Å². The zero-order valence-electron chi connectivity index (χ0n) is 12.6. The second-order valence-electron chi connectivity index (χ2n) is 4.93. The van der Waals surface area contributed by atoms with Crippen molar-refractivity contribution in [1.29, 1.82) is 0 Å². The third-order valence-electron chi connectivity index (χ3n) is 3.48. The fourth-order valence-corrected chi connectivity index (χ4v) is 2.01. The highest BCUT2D eigenvalue weighted by molar-refractivity contribution is 5.96. The lowest BCUT2D eigenvalue weighted by Crippen LogP contribution is -2.29. The summed E-state index contributed by atoms with van der Waals surface area (Å²) in [5.41, 5.74) is 6.36. The number of ether oxygens (including phenoxy) is 1. The molecule has 5 heteroatoms. The van der Waals surface area contributed by atoms with Crippen molar-refractivity contribution in [3.63, 3.8) is 0 Å². The Labute approximate surface area is 119 Å². The number of anilines is 2. The van der Waals surface area contributed by atoms with Crippen molar-refractivity contribution < 1.29 is 13.9 Å². The average Bonchev–Trinajstić information content (AvgIpc) is 2.44. The average molecular weight is 282 g/mol. The predicted octanol–water partition coefficient (Wildman–Crippen LogP) is 3.07. The van der Waals surface area contributed by atoms with E-state index >= 15 is 0 Å². The number of nitrogens with two attached hydrogens (primary N) is 1. The molecule has 0 bridgehead atoms. The normalized spacial score (nSPS) is 12.1. The van der Waals surface area contributed by atoms with Crippen LogP contribution in [-0.4, -0.2) is 26.2 Å². The van der Waals surface area contributed by atoms with Crippen molar-refractivity contribution in [3.05, 3.63) is 23.5 Å². The molecule has 0 heterocycles. The van der Waals surface area contributed by atoms with Crippen LogP contribution in [0.2, 0.25) is 0 Å². The number of nitrogen functional groups attached to an aromatic ring is 1. The third-order valence-corrected chi connectivity index (χ3v) is 3.48. The molecule has 0 radical (unpaired) electrons. The molecule has 0 fully saturated rings. The summed E-state index contributed by atoms with van der Waals surface area (Å²) in [4.78, 5) is 13.6. The first-order chi connectivity index (χ1) is 9.44. The Morgan fingerprint density at radius 3 is 2.60 bits per heavy atom. The van der Waals surface area contributed by atoms with E-state index in [1.165, 1.54) is 19.2 Å². The maximum absolute atomic E-state index is 14.1. The Kier molecular flexibility index (Phi) is 5.80. The van der Waals surface area contributed by atoms with E-state index < -0.39 is 11.8 Å². The van der Waals surface area contributed by atoms with Crippen molar-refractivity contribution in [2.45, 2.75) is 27.2 Å². The number of hydrogen-bond acceptors (Lipinski definition) is 4. The van der Waals surface area contributed by atoms with Crippen LogP contribution in [0.15, 0.2) is 12.1 Å². The molecule has 0 aliphatic heterocycles. The zero-order chi connectivity index (χ0) is 15.3. The Bertz CT molecular complexity index is 477. The molecular weight excluding hydrogens is 259 g/mol. The third kappa shape index (κ3) is 3.62.